The molecule has 1 aliphatic heterocycles. The number of thiophene rings is 1. The first-order chi connectivity index (χ1) is 16.5. The SMILES string of the molecule is CN[C@@H](C)C(=O)N[C@H](C(=O)N1CCN(S(=O)(=O)c2sccc2-c2ccno2)C[C@H]1C(=O)O)C(C)C. The van der Waals surface area contributed by atoms with E-state index in [1.807, 2.05) is 0 Å². The molecule has 0 unspecified atom stereocenters. The third kappa shape index (κ3) is 5.55. The zero-order chi connectivity index (χ0) is 25.9. The highest BCUT2D eigenvalue weighted by Crippen LogP contribution is 2.34. The van der Waals surface area contributed by atoms with Crippen LogP contribution in [0, 0.1) is 5.92 Å². The van der Waals surface area contributed by atoms with Crippen LogP contribution in [0.4, 0.5) is 0 Å². The molecule has 2 aromatic rings. The number of carbonyl (C=O) groups excluding carboxylic acids is 2. The molecule has 1 aliphatic rings. The molecule has 0 aliphatic carbocycles. The second-order valence-corrected chi connectivity index (χ2v) is 11.5. The molecule has 3 N–H and O–H groups in total. The number of aliphatic carboxylic acids is 1. The molecule has 0 bridgehead atoms. The number of carbonyl (C=O) groups is 3. The summed E-state index contributed by atoms with van der Waals surface area (Å²) >= 11 is 0.987. The maximum atomic E-state index is 13.4. The highest BCUT2D eigenvalue weighted by atomic mass is 32.2. The zero-order valence-electron chi connectivity index (χ0n) is 19.8. The van der Waals surface area contributed by atoms with E-state index in [-0.39, 0.29) is 29.0 Å². The molecule has 1 saturated heterocycles. The lowest BCUT2D eigenvalue weighted by Gasteiger charge is -2.40. The average Bonchev–Trinajstić information content (AvgIpc) is 3.52. The molecule has 0 radical (unpaired) electrons. The van der Waals surface area contributed by atoms with Gasteiger partial charge in [0.1, 0.15) is 16.3 Å². The van der Waals surface area contributed by atoms with E-state index < -0.39 is 52.5 Å². The van der Waals surface area contributed by atoms with Gasteiger partial charge in [-0.05, 0) is 31.3 Å². The Balaban J connectivity index is 1.84. The first-order valence-electron chi connectivity index (χ1n) is 11.0. The maximum absolute atomic E-state index is 13.4. The summed E-state index contributed by atoms with van der Waals surface area (Å²) in [5, 5.41) is 20.6. The van der Waals surface area contributed by atoms with Crippen LogP contribution in [0.3, 0.4) is 0 Å². The topological polar surface area (TPSA) is 162 Å². The van der Waals surface area contributed by atoms with Gasteiger partial charge in [-0.3, -0.25) is 9.59 Å². The Kier molecular flexibility index (Phi) is 8.30. The molecule has 192 valence electrons. The van der Waals surface area contributed by atoms with E-state index >= 15 is 0 Å². The molecule has 1 fully saturated rings. The standard InChI is InChI=1S/C21H29N5O7S2/c1-12(2)17(24-18(27)13(3)22-4)19(28)26-9-8-25(11-15(26)20(29)30)35(31,32)21-14(6-10-34-21)16-5-7-23-33-16/h5-7,10,12-13,15,17,22H,8-9,11H2,1-4H3,(H,24,27)(H,29,30)/t13-,15-,17-/m0/s1. The minimum Gasteiger partial charge on any atom is -0.480 e. The quantitative estimate of drug-likeness (QED) is 0.420. The van der Waals surface area contributed by atoms with Gasteiger partial charge in [0.25, 0.3) is 10.0 Å². The molecule has 0 saturated carbocycles. The minimum atomic E-state index is -4.08. The Hall–Kier alpha value is -2.81. The summed E-state index contributed by atoms with van der Waals surface area (Å²) in [6.07, 6.45) is 1.40. The van der Waals surface area contributed by atoms with Crippen LogP contribution < -0.4 is 10.6 Å². The Morgan fingerprint density at radius 1 is 1.23 bits per heavy atom. The summed E-state index contributed by atoms with van der Waals surface area (Å²) in [4.78, 5) is 39.0. The number of carboxylic acids is 1. The highest BCUT2D eigenvalue weighted by Gasteiger charge is 2.43. The normalized spacial score (nSPS) is 18.9. The van der Waals surface area contributed by atoms with Crippen LogP contribution in [-0.2, 0) is 24.4 Å². The molecule has 0 aromatic carbocycles. The molecule has 2 amide bonds. The van der Waals surface area contributed by atoms with E-state index in [2.05, 4.69) is 15.8 Å². The van der Waals surface area contributed by atoms with Crippen LogP contribution in [0.25, 0.3) is 11.3 Å². The molecule has 2 aromatic heterocycles. The highest BCUT2D eigenvalue weighted by molar-refractivity contribution is 7.91. The summed E-state index contributed by atoms with van der Waals surface area (Å²) in [5.74, 6) is -2.34. The largest absolute Gasteiger partial charge is 0.480 e. The first-order valence-corrected chi connectivity index (χ1v) is 13.3. The molecule has 3 atom stereocenters. The number of rotatable bonds is 9. The molecule has 3 heterocycles. The lowest BCUT2D eigenvalue weighted by molar-refractivity contribution is -0.154. The van der Waals surface area contributed by atoms with Crippen molar-refractivity contribution in [3.63, 3.8) is 0 Å². The Morgan fingerprint density at radius 2 is 1.94 bits per heavy atom. The molecular formula is C21H29N5O7S2. The number of nitrogens with one attached hydrogen (secondary N) is 2. The third-order valence-electron chi connectivity index (χ3n) is 5.88. The number of nitrogens with zero attached hydrogens (tertiary/aromatic N) is 3. The van der Waals surface area contributed by atoms with Gasteiger partial charge in [0.2, 0.25) is 11.8 Å². The summed E-state index contributed by atoms with van der Waals surface area (Å²) in [6, 6.07) is 0.200. The van der Waals surface area contributed by atoms with Gasteiger partial charge in [-0.25, -0.2) is 13.2 Å². The smallest absolute Gasteiger partial charge is 0.327 e. The van der Waals surface area contributed by atoms with Crippen LogP contribution in [0.2, 0.25) is 0 Å². The number of aromatic nitrogens is 1. The zero-order valence-corrected chi connectivity index (χ0v) is 21.4. The van der Waals surface area contributed by atoms with Crippen molar-refractivity contribution < 1.29 is 32.4 Å². The lowest BCUT2D eigenvalue weighted by Crippen LogP contribution is -2.63. The predicted octanol–water partition coefficient (Wildman–Crippen LogP) is 0.438. The van der Waals surface area contributed by atoms with Crippen molar-refractivity contribution in [1.29, 1.82) is 0 Å². The van der Waals surface area contributed by atoms with Crippen molar-refractivity contribution in [3.05, 3.63) is 23.7 Å². The first kappa shape index (κ1) is 26.8. The van der Waals surface area contributed by atoms with Crippen molar-refractivity contribution in [2.45, 2.75) is 43.1 Å². The Bertz CT molecular complexity index is 1160. The number of hydrogen-bond donors (Lipinski definition) is 3. The molecule has 12 nitrogen and oxygen atoms in total. The second-order valence-electron chi connectivity index (χ2n) is 8.49. The lowest BCUT2D eigenvalue weighted by atomic mass is 10.0. The van der Waals surface area contributed by atoms with E-state index in [9.17, 15) is 27.9 Å². The predicted molar refractivity (Wildman–Crippen MR) is 127 cm³/mol. The van der Waals surface area contributed by atoms with Gasteiger partial charge < -0.3 is 25.2 Å². The number of amides is 2. The minimum absolute atomic E-state index is 0.00605. The van der Waals surface area contributed by atoms with Gasteiger partial charge in [-0.15, -0.1) is 11.3 Å². The van der Waals surface area contributed by atoms with Gasteiger partial charge in [-0.2, -0.15) is 4.31 Å². The average molecular weight is 528 g/mol. The molecule has 3 rings (SSSR count). The summed E-state index contributed by atoms with van der Waals surface area (Å²) in [5.41, 5.74) is 0.333. The fraction of sp³-hybridized carbons (Fsp3) is 0.524. The fourth-order valence-corrected chi connectivity index (χ4v) is 6.64. The number of piperazine rings is 1. The number of sulfonamides is 1. The van der Waals surface area contributed by atoms with Gasteiger partial charge in [0.05, 0.1) is 17.8 Å². The van der Waals surface area contributed by atoms with E-state index in [4.69, 9.17) is 4.52 Å². The van der Waals surface area contributed by atoms with Crippen LogP contribution in [0.5, 0.6) is 0 Å². The van der Waals surface area contributed by atoms with Gasteiger partial charge in [0, 0.05) is 25.7 Å². The van der Waals surface area contributed by atoms with Crippen molar-refractivity contribution in [2.75, 3.05) is 26.7 Å². The van der Waals surface area contributed by atoms with E-state index in [0.29, 0.717) is 5.56 Å². The number of hydrogen-bond acceptors (Lipinski definition) is 9. The number of carboxylic acid groups (broad SMARTS) is 1. The van der Waals surface area contributed by atoms with Crippen molar-refractivity contribution >= 4 is 39.1 Å². The molecule has 0 spiro atoms. The molecule has 14 heteroatoms. The Morgan fingerprint density at radius 3 is 2.51 bits per heavy atom. The maximum Gasteiger partial charge on any atom is 0.327 e. The molecular weight excluding hydrogens is 498 g/mol. The molecule has 35 heavy (non-hydrogen) atoms. The third-order valence-corrected chi connectivity index (χ3v) is 9.20. The number of likely N-dealkylation sites (N-methyl/N-ethyl adjacent to an activating group) is 1. The van der Waals surface area contributed by atoms with Gasteiger partial charge in [0.15, 0.2) is 5.76 Å². The van der Waals surface area contributed by atoms with E-state index in [1.165, 1.54) is 12.3 Å². The van der Waals surface area contributed by atoms with Gasteiger partial charge >= 0.3 is 5.97 Å². The monoisotopic (exact) mass is 527 g/mol. The van der Waals surface area contributed by atoms with Crippen LogP contribution in [0.1, 0.15) is 20.8 Å². The second kappa shape index (κ2) is 10.8. The van der Waals surface area contributed by atoms with Crippen molar-refractivity contribution in [1.82, 2.24) is 25.0 Å². The van der Waals surface area contributed by atoms with Crippen molar-refractivity contribution in [2.24, 2.45) is 5.92 Å². The fourth-order valence-electron chi connectivity index (χ4n) is 3.70. The summed E-state index contributed by atoms with van der Waals surface area (Å²) < 4.78 is 33.0. The van der Waals surface area contributed by atoms with E-state index in [1.54, 1.807) is 39.3 Å². The summed E-state index contributed by atoms with van der Waals surface area (Å²) in [6.45, 7) is 4.45. The van der Waals surface area contributed by atoms with E-state index in [0.717, 1.165) is 20.5 Å². The van der Waals surface area contributed by atoms with Crippen molar-refractivity contribution in [3.8, 4) is 11.3 Å². The van der Waals surface area contributed by atoms with Crippen LogP contribution >= 0.6 is 11.3 Å². The summed E-state index contributed by atoms with van der Waals surface area (Å²) in [7, 11) is -2.47. The van der Waals surface area contributed by atoms with Crippen LogP contribution in [0.15, 0.2) is 32.4 Å². The van der Waals surface area contributed by atoms with Gasteiger partial charge in [-0.1, -0.05) is 19.0 Å². The van der Waals surface area contributed by atoms with Crippen LogP contribution in [-0.4, -0.2) is 90.5 Å². The Labute approximate surface area is 207 Å².